The van der Waals surface area contributed by atoms with Crippen LogP contribution in [0.2, 0.25) is 0 Å². The number of nitro groups is 1. The van der Waals surface area contributed by atoms with Crippen molar-refractivity contribution in [2.75, 3.05) is 38.2 Å². The molecule has 0 aliphatic carbocycles. The predicted octanol–water partition coefficient (Wildman–Crippen LogP) is 1.89. The Balaban J connectivity index is 2.31. The fraction of sp³-hybridized carbons (Fsp3) is 0.500. The normalized spacial score (nSPS) is 15.4. The number of benzene rings is 1. The van der Waals surface area contributed by atoms with Gasteiger partial charge in [-0.25, -0.2) is 0 Å². The molecule has 7 nitrogen and oxygen atoms in total. The van der Waals surface area contributed by atoms with Crippen molar-refractivity contribution in [1.82, 2.24) is 4.90 Å². The van der Waals surface area contributed by atoms with E-state index < -0.39 is 4.92 Å². The van der Waals surface area contributed by atoms with Crippen LogP contribution < -0.4 is 5.32 Å². The van der Waals surface area contributed by atoms with Gasteiger partial charge in [0.1, 0.15) is 0 Å². The molecule has 1 N–H and O–H groups in total. The fourth-order valence-electron chi connectivity index (χ4n) is 2.29. The Morgan fingerprint density at radius 2 is 2.24 bits per heavy atom. The van der Waals surface area contributed by atoms with Crippen molar-refractivity contribution < 1.29 is 14.5 Å². The lowest BCUT2D eigenvalue weighted by Crippen LogP contribution is -2.33. The summed E-state index contributed by atoms with van der Waals surface area (Å²) in [7, 11) is 0. The molecule has 2 rings (SSSR count). The number of rotatable bonds is 4. The van der Waals surface area contributed by atoms with E-state index in [1.165, 1.54) is 12.1 Å². The van der Waals surface area contributed by atoms with Crippen molar-refractivity contribution in [1.29, 1.82) is 0 Å². The highest BCUT2D eigenvalue weighted by Crippen LogP contribution is 2.24. The van der Waals surface area contributed by atoms with Crippen molar-refractivity contribution in [3.63, 3.8) is 0 Å². The molecule has 0 radical (unpaired) electrons. The highest BCUT2D eigenvalue weighted by molar-refractivity contribution is 6.00. The molecule has 21 heavy (non-hydrogen) atoms. The molecule has 1 saturated heterocycles. The van der Waals surface area contributed by atoms with Gasteiger partial charge in [-0.05, 0) is 19.4 Å². The summed E-state index contributed by atoms with van der Waals surface area (Å²) in [5.74, 6) is -0.194. The Kier molecular flexibility index (Phi) is 5.10. The smallest absolute Gasteiger partial charge is 0.270 e. The number of carbonyl (C=O) groups excluding carboxylic acids is 1. The Bertz CT molecular complexity index is 525. The van der Waals surface area contributed by atoms with Crippen molar-refractivity contribution in [2.24, 2.45) is 0 Å². The molecule has 1 aliphatic heterocycles. The second kappa shape index (κ2) is 7.03. The number of nitrogens with one attached hydrogen (secondary N) is 1. The molecule has 0 bridgehead atoms. The molecule has 0 atom stereocenters. The van der Waals surface area contributed by atoms with Gasteiger partial charge in [0.15, 0.2) is 0 Å². The van der Waals surface area contributed by atoms with E-state index in [4.69, 9.17) is 4.74 Å². The molecular formula is C14H19N3O4. The first kappa shape index (κ1) is 15.2. The van der Waals surface area contributed by atoms with Crippen LogP contribution in [-0.4, -0.2) is 48.6 Å². The molecule has 0 spiro atoms. The second-order valence-corrected chi connectivity index (χ2v) is 4.78. The maximum Gasteiger partial charge on any atom is 0.270 e. The first-order valence-corrected chi connectivity index (χ1v) is 7.02. The SMILES string of the molecule is CCNc1ccc([N+](=O)[O-])cc1C(=O)N1CCCOCC1. The van der Waals surface area contributed by atoms with E-state index in [9.17, 15) is 14.9 Å². The summed E-state index contributed by atoms with van der Waals surface area (Å²) in [6.45, 7) is 4.80. The molecule has 1 aliphatic rings. The van der Waals surface area contributed by atoms with E-state index >= 15 is 0 Å². The lowest BCUT2D eigenvalue weighted by atomic mass is 10.1. The van der Waals surface area contributed by atoms with E-state index in [1.54, 1.807) is 11.0 Å². The largest absolute Gasteiger partial charge is 0.385 e. The molecular weight excluding hydrogens is 274 g/mol. The molecule has 1 heterocycles. The number of ether oxygens (including phenoxy) is 1. The number of anilines is 1. The summed E-state index contributed by atoms with van der Waals surface area (Å²) in [4.78, 5) is 24.7. The molecule has 1 aromatic carbocycles. The Hall–Kier alpha value is -2.15. The molecule has 1 fully saturated rings. The number of nitrogens with zero attached hydrogens (tertiary/aromatic N) is 2. The van der Waals surface area contributed by atoms with Gasteiger partial charge in [0.25, 0.3) is 11.6 Å². The quantitative estimate of drug-likeness (QED) is 0.677. The summed E-state index contributed by atoms with van der Waals surface area (Å²) in [5.41, 5.74) is 0.886. The van der Waals surface area contributed by atoms with Crippen molar-refractivity contribution in [3.8, 4) is 0 Å². The van der Waals surface area contributed by atoms with Crippen molar-refractivity contribution in [3.05, 3.63) is 33.9 Å². The van der Waals surface area contributed by atoms with Gasteiger partial charge < -0.3 is 15.0 Å². The first-order valence-electron chi connectivity index (χ1n) is 7.02. The van der Waals surface area contributed by atoms with Crippen LogP contribution >= 0.6 is 0 Å². The summed E-state index contributed by atoms with van der Waals surface area (Å²) in [6.07, 6.45) is 0.775. The van der Waals surface area contributed by atoms with Gasteiger partial charge in [-0.2, -0.15) is 0 Å². The summed E-state index contributed by atoms with van der Waals surface area (Å²) in [5, 5.41) is 14.0. The maximum atomic E-state index is 12.6. The number of non-ortho nitro benzene ring substituents is 1. The minimum Gasteiger partial charge on any atom is -0.385 e. The molecule has 1 aromatic rings. The Morgan fingerprint density at radius 3 is 2.95 bits per heavy atom. The predicted molar refractivity (Wildman–Crippen MR) is 78.6 cm³/mol. The average molecular weight is 293 g/mol. The van der Waals surface area contributed by atoms with Crippen LogP contribution in [0.1, 0.15) is 23.7 Å². The molecule has 0 aromatic heterocycles. The number of carbonyl (C=O) groups is 1. The monoisotopic (exact) mass is 293 g/mol. The Morgan fingerprint density at radius 1 is 1.43 bits per heavy atom. The fourth-order valence-corrected chi connectivity index (χ4v) is 2.29. The third-order valence-electron chi connectivity index (χ3n) is 3.32. The van der Waals surface area contributed by atoms with Crippen LogP contribution in [0.4, 0.5) is 11.4 Å². The van der Waals surface area contributed by atoms with Gasteiger partial charge in [-0.3, -0.25) is 14.9 Å². The zero-order valence-electron chi connectivity index (χ0n) is 12.0. The third-order valence-corrected chi connectivity index (χ3v) is 3.32. The van der Waals surface area contributed by atoms with Crippen LogP contribution in [0.15, 0.2) is 18.2 Å². The van der Waals surface area contributed by atoms with E-state index in [0.717, 1.165) is 6.42 Å². The molecule has 0 saturated carbocycles. The lowest BCUT2D eigenvalue weighted by molar-refractivity contribution is -0.384. The van der Waals surface area contributed by atoms with Crippen molar-refractivity contribution in [2.45, 2.75) is 13.3 Å². The second-order valence-electron chi connectivity index (χ2n) is 4.78. The van der Waals surface area contributed by atoms with Gasteiger partial charge in [0, 0.05) is 44.1 Å². The van der Waals surface area contributed by atoms with E-state index in [2.05, 4.69) is 5.32 Å². The van der Waals surface area contributed by atoms with Crippen LogP contribution in [-0.2, 0) is 4.74 Å². The average Bonchev–Trinajstić information content (AvgIpc) is 2.76. The van der Waals surface area contributed by atoms with Gasteiger partial charge in [-0.1, -0.05) is 0 Å². The number of nitro benzene ring substituents is 1. The minimum absolute atomic E-state index is 0.0777. The number of hydrogen-bond donors (Lipinski definition) is 1. The number of hydrogen-bond acceptors (Lipinski definition) is 5. The number of amides is 1. The van der Waals surface area contributed by atoms with Gasteiger partial charge in [0.05, 0.1) is 17.1 Å². The lowest BCUT2D eigenvalue weighted by Gasteiger charge is -2.21. The highest BCUT2D eigenvalue weighted by Gasteiger charge is 2.22. The molecule has 0 unspecified atom stereocenters. The van der Waals surface area contributed by atoms with Crippen LogP contribution in [0.25, 0.3) is 0 Å². The minimum atomic E-state index is -0.488. The Labute approximate surface area is 123 Å². The molecule has 1 amide bonds. The molecule has 114 valence electrons. The summed E-state index contributed by atoms with van der Waals surface area (Å²) < 4.78 is 5.33. The zero-order valence-corrected chi connectivity index (χ0v) is 12.0. The van der Waals surface area contributed by atoms with Gasteiger partial charge in [0.2, 0.25) is 0 Å². The summed E-state index contributed by atoms with van der Waals surface area (Å²) in [6, 6.07) is 4.33. The van der Waals surface area contributed by atoms with Gasteiger partial charge >= 0.3 is 0 Å². The van der Waals surface area contributed by atoms with Crippen LogP contribution in [0, 0.1) is 10.1 Å². The van der Waals surface area contributed by atoms with E-state index in [1.807, 2.05) is 6.92 Å². The van der Waals surface area contributed by atoms with Gasteiger partial charge in [-0.15, -0.1) is 0 Å². The van der Waals surface area contributed by atoms with Crippen molar-refractivity contribution >= 4 is 17.3 Å². The van der Waals surface area contributed by atoms with E-state index in [-0.39, 0.29) is 11.6 Å². The maximum absolute atomic E-state index is 12.6. The third kappa shape index (κ3) is 3.69. The zero-order chi connectivity index (χ0) is 15.2. The standard InChI is InChI=1S/C14H19N3O4/c1-2-15-13-5-4-11(17(19)20)10-12(13)14(18)16-6-3-8-21-9-7-16/h4-5,10,15H,2-3,6-9H2,1H3. The van der Waals surface area contributed by atoms with Crippen LogP contribution in [0.5, 0.6) is 0 Å². The topological polar surface area (TPSA) is 84.7 Å². The summed E-state index contributed by atoms with van der Waals surface area (Å²) >= 11 is 0. The molecule has 7 heteroatoms. The van der Waals surface area contributed by atoms with E-state index in [0.29, 0.717) is 44.1 Å². The van der Waals surface area contributed by atoms with Crippen LogP contribution in [0.3, 0.4) is 0 Å². The highest BCUT2D eigenvalue weighted by atomic mass is 16.6. The first-order chi connectivity index (χ1) is 10.1.